The van der Waals surface area contributed by atoms with Crippen LogP contribution in [0.5, 0.6) is 0 Å². The molecule has 10 heteroatoms. The average molecular weight is 522 g/mol. The van der Waals surface area contributed by atoms with E-state index in [1.165, 1.54) is 5.56 Å². The third-order valence-electron chi connectivity index (χ3n) is 5.84. The van der Waals surface area contributed by atoms with Gasteiger partial charge in [0, 0.05) is 44.5 Å². The number of ketones is 1. The van der Waals surface area contributed by atoms with Crippen LogP contribution in [-0.4, -0.2) is 64.7 Å². The van der Waals surface area contributed by atoms with Crippen molar-refractivity contribution >= 4 is 34.8 Å². The van der Waals surface area contributed by atoms with E-state index in [1.54, 1.807) is 24.9 Å². The molecule has 1 aromatic carbocycles. The molecule has 3 rings (SSSR count). The molecule has 38 heavy (non-hydrogen) atoms. The molecule has 0 fully saturated rings. The Morgan fingerprint density at radius 1 is 1.21 bits per heavy atom. The number of nitrogens with one attached hydrogen (secondary N) is 1. The molecule has 2 aromatic rings. The van der Waals surface area contributed by atoms with Gasteiger partial charge in [0.25, 0.3) is 0 Å². The zero-order chi connectivity index (χ0) is 27.7. The van der Waals surface area contributed by atoms with Crippen LogP contribution in [0.2, 0.25) is 0 Å². The van der Waals surface area contributed by atoms with Gasteiger partial charge in [-0.25, -0.2) is 4.79 Å². The summed E-state index contributed by atoms with van der Waals surface area (Å²) in [5, 5.41) is 13.9. The second-order valence-electron chi connectivity index (χ2n) is 10.4. The molecule has 0 atom stereocenters. The number of amides is 1. The number of nitrogens with zero attached hydrogens (tertiary/aromatic N) is 6. The van der Waals surface area contributed by atoms with Crippen molar-refractivity contribution in [2.75, 3.05) is 25.1 Å². The minimum Gasteiger partial charge on any atom is -0.442 e. The van der Waals surface area contributed by atoms with Gasteiger partial charge in [0.1, 0.15) is 17.1 Å². The zero-order valence-electron chi connectivity index (χ0n) is 23.3. The van der Waals surface area contributed by atoms with E-state index in [4.69, 9.17) is 4.74 Å². The Morgan fingerprint density at radius 3 is 2.66 bits per heavy atom. The van der Waals surface area contributed by atoms with Crippen molar-refractivity contribution in [2.24, 2.45) is 22.1 Å². The molecule has 1 amide bonds. The first-order valence-corrected chi connectivity index (χ1v) is 13.0. The van der Waals surface area contributed by atoms with Gasteiger partial charge in [0.05, 0.1) is 18.4 Å². The SMILES string of the molecule is CN=C(NCC(C)=NC(=O)OC(C)(C)C)c1cccc(CCCCC2=NN(c3cnn(C)c3)CCC2=O)c1. The van der Waals surface area contributed by atoms with Crippen molar-refractivity contribution in [3.63, 3.8) is 0 Å². The van der Waals surface area contributed by atoms with Gasteiger partial charge in [-0.3, -0.25) is 19.5 Å². The summed E-state index contributed by atoms with van der Waals surface area (Å²) in [6.07, 6.45) is 6.92. The lowest BCUT2D eigenvalue weighted by Gasteiger charge is -2.23. The number of unbranched alkanes of at least 4 members (excludes halogenated alkanes) is 1. The lowest BCUT2D eigenvalue weighted by molar-refractivity contribution is -0.113. The normalized spacial score (nSPS) is 14.9. The molecule has 0 spiro atoms. The monoisotopic (exact) mass is 521 g/mol. The van der Waals surface area contributed by atoms with E-state index in [1.807, 2.05) is 51.2 Å². The highest BCUT2D eigenvalue weighted by atomic mass is 16.6. The molecule has 0 unspecified atom stereocenters. The predicted octanol–water partition coefficient (Wildman–Crippen LogP) is 4.33. The third-order valence-corrected chi connectivity index (χ3v) is 5.84. The number of hydrogen-bond acceptors (Lipinski definition) is 7. The number of ether oxygens (including phenoxy) is 1. The van der Waals surface area contributed by atoms with E-state index >= 15 is 0 Å². The highest BCUT2D eigenvalue weighted by Gasteiger charge is 2.21. The summed E-state index contributed by atoms with van der Waals surface area (Å²) in [6, 6.07) is 8.23. The molecule has 1 aliphatic heterocycles. The quantitative estimate of drug-likeness (QED) is 0.299. The summed E-state index contributed by atoms with van der Waals surface area (Å²) in [5.74, 6) is 0.857. The summed E-state index contributed by atoms with van der Waals surface area (Å²) in [6.45, 7) is 8.17. The highest BCUT2D eigenvalue weighted by Crippen LogP contribution is 2.19. The van der Waals surface area contributed by atoms with Gasteiger partial charge in [-0.15, -0.1) is 0 Å². The molecule has 1 aliphatic rings. The van der Waals surface area contributed by atoms with Crippen molar-refractivity contribution in [3.05, 3.63) is 47.8 Å². The lowest BCUT2D eigenvalue weighted by Crippen LogP contribution is -2.32. The summed E-state index contributed by atoms with van der Waals surface area (Å²) in [4.78, 5) is 32.7. The maximum absolute atomic E-state index is 12.4. The molecule has 204 valence electrons. The van der Waals surface area contributed by atoms with Crippen molar-refractivity contribution < 1.29 is 14.3 Å². The van der Waals surface area contributed by atoms with Crippen LogP contribution in [0.3, 0.4) is 0 Å². The first kappa shape index (κ1) is 28.7. The molecule has 0 aliphatic carbocycles. The first-order valence-electron chi connectivity index (χ1n) is 13.0. The zero-order valence-corrected chi connectivity index (χ0v) is 23.3. The standard InChI is InChI=1S/C28H39N7O3/c1-20(32-27(37)38-28(2,3)4)17-30-26(29-5)22-12-9-11-21(16-22)10-7-8-13-24-25(36)14-15-35(33-24)23-18-31-34(6)19-23/h9,11-12,16,18-19H,7-8,10,13-15,17H2,1-6H3,(H,29,30). The Morgan fingerprint density at radius 2 is 1.97 bits per heavy atom. The number of Topliss-reactive ketones (excluding diaryl/α,β-unsaturated/α-hetero) is 1. The molecule has 1 aromatic heterocycles. The van der Waals surface area contributed by atoms with Crippen molar-refractivity contribution in [2.45, 2.75) is 65.4 Å². The van der Waals surface area contributed by atoms with Gasteiger partial charge in [-0.05, 0) is 65.0 Å². The van der Waals surface area contributed by atoms with Crippen LogP contribution in [0.4, 0.5) is 10.5 Å². The minimum absolute atomic E-state index is 0.132. The average Bonchev–Trinajstić information content (AvgIpc) is 3.28. The van der Waals surface area contributed by atoms with Gasteiger partial charge >= 0.3 is 6.09 Å². The predicted molar refractivity (Wildman–Crippen MR) is 151 cm³/mol. The molecule has 10 nitrogen and oxygen atoms in total. The Bertz CT molecular complexity index is 1220. The topological polar surface area (TPSA) is 114 Å². The van der Waals surface area contributed by atoms with E-state index in [0.29, 0.717) is 37.4 Å². The van der Waals surface area contributed by atoms with Gasteiger partial charge in [-0.1, -0.05) is 18.2 Å². The minimum atomic E-state index is -0.598. The molecule has 0 saturated heterocycles. The van der Waals surface area contributed by atoms with Crippen LogP contribution in [0.1, 0.15) is 64.5 Å². The largest absolute Gasteiger partial charge is 0.442 e. The Balaban J connectivity index is 1.51. The third kappa shape index (κ3) is 8.93. The fourth-order valence-corrected chi connectivity index (χ4v) is 4.02. The van der Waals surface area contributed by atoms with E-state index in [2.05, 4.69) is 37.6 Å². The molecular formula is C28H39N7O3. The summed E-state index contributed by atoms with van der Waals surface area (Å²) < 4.78 is 6.98. The maximum atomic E-state index is 12.4. The highest BCUT2D eigenvalue weighted by molar-refractivity contribution is 6.40. The maximum Gasteiger partial charge on any atom is 0.434 e. The van der Waals surface area contributed by atoms with E-state index < -0.39 is 11.7 Å². The fraction of sp³-hybridized carbons (Fsp3) is 0.500. The van der Waals surface area contributed by atoms with Crippen LogP contribution >= 0.6 is 0 Å². The first-order chi connectivity index (χ1) is 18.0. The van der Waals surface area contributed by atoms with E-state index in [-0.39, 0.29) is 5.78 Å². The molecule has 0 radical (unpaired) electrons. The van der Waals surface area contributed by atoms with Gasteiger partial charge < -0.3 is 10.1 Å². The van der Waals surface area contributed by atoms with Crippen LogP contribution in [0.15, 0.2) is 51.7 Å². The number of rotatable bonds is 9. The molecule has 0 saturated carbocycles. The number of aliphatic imine (C=N–C) groups is 2. The Hall–Kier alpha value is -3.82. The summed E-state index contributed by atoms with van der Waals surface area (Å²) in [5.41, 5.74) is 3.74. The summed E-state index contributed by atoms with van der Waals surface area (Å²) in [7, 11) is 3.59. The van der Waals surface area contributed by atoms with Crippen LogP contribution in [-0.2, 0) is 23.0 Å². The Labute approximate surface area is 224 Å². The number of aromatic nitrogens is 2. The number of carbonyl (C=O) groups is 2. The van der Waals surface area contributed by atoms with E-state index in [0.717, 1.165) is 36.3 Å². The van der Waals surface area contributed by atoms with Crippen LogP contribution < -0.4 is 10.3 Å². The van der Waals surface area contributed by atoms with E-state index in [9.17, 15) is 9.59 Å². The number of amidine groups is 1. The smallest absolute Gasteiger partial charge is 0.434 e. The summed E-state index contributed by atoms with van der Waals surface area (Å²) >= 11 is 0. The van der Waals surface area contributed by atoms with Crippen LogP contribution in [0, 0.1) is 0 Å². The van der Waals surface area contributed by atoms with Crippen molar-refractivity contribution in [1.82, 2.24) is 15.1 Å². The van der Waals surface area contributed by atoms with Gasteiger partial charge in [-0.2, -0.15) is 15.2 Å². The second-order valence-corrected chi connectivity index (χ2v) is 10.4. The number of hydrazone groups is 1. The fourth-order valence-electron chi connectivity index (χ4n) is 4.02. The number of benzene rings is 1. The van der Waals surface area contributed by atoms with Crippen molar-refractivity contribution in [1.29, 1.82) is 0 Å². The van der Waals surface area contributed by atoms with Crippen molar-refractivity contribution in [3.8, 4) is 0 Å². The lowest BCUT2D eigenvalue weighted by atomic mass is 10.0. The van der Waals surface area contributed by atoms with Gasteiger partial charge in [0.2, 0.25) is 0 Å². The number of aryl methyl sites for hydroxylation is 2. The number of hydrogen-bond donors (Lipinski definition) is 1. The Kier molecular flexibility index (Phi) is 9.92. The molecule has 1 N–H and O–H groups in total. The molecule has 2 heterocycles. The number of carbonyl (C=O) groups excluding carboxylic acids is 2. The van der Waals surface area contributed by atoms with Gasteiger partial charge in [0.15, 0.2) is 5.78 Å². The van der Waals surface area contributed by atoms with Crippen LogP contribution in [0.25, 0.3) is 0 Å². The molecular weight excluding hydrogens is 482 g/mol. The second kappa shape index (κ2) is 13.1. The number of anilines is 1. The molecule has 0 bridgehead atoms.